The first-order valence-corrected chi connectivity index (χ1v) is 10.1. The van der Waals surface area contributed by atoms with Gasteiger partial charge in [-0.05, 0) is 49.9 Å². The van der Waals surface area contributed by atoms with Crippen LogP contribution in [0.5, 0.6) is 11.5 Å². The number of aromatic nitrogens is 1. The van der Waals surface area contributed by atoms with Gasteiger partial charge in [-0.3, -0.25) is 9.59 Å². The maximum absolute atomic E-state index is 12.8. The molecule has 2 aromatic carbocycles. The topological polar surface area (TPSA) is 98.9 Å². The monoisotopic (exact) mass is 420 g/mol. The molecule has 3 aromatic rings. The fourth-order valence-corrected chi connectivity index (χ4v) is 4.36. The predicted octanol–water partition coefficient (Wildman–Crippen LogP) is 3.09. The number of anilines is 1. The van der Waals surface area contributed by atoms with Crippen LogP contribution < -0.4 is 20.0 Å². The quantitative estimate of drug-likeness (QED) is 0.598. The lowest BCUT2D eigenvalue weighted by atomic mass is 9.74. The lowest BCUT2D eigenvalue weighted by Gasteiger charge is -2.43. The Morgan fingerprint density at radius 3 is 2.68 bits per heavy atom. The number of carbonyl (C=O) groups is 2. The number of amides is 1. The van der Waals surface area contributed by atoms with Gasteiger partial charge in [0.25, 0.3) is 5.91 Å². The zero-order valence-electron chi connectivity index (χ0n) is 17.1. The first-order valence-electron chi connectivity index (χ1n) is 10.1. The van der Waals surface area contributed by atoms with E-state index in [1.807, 2.05) is 18.2 Å². The van der Waals surface area contributed by atoms with E-state index in [9.17, 15) is 14.4 Å². The maximum Gasteiger partial charge on any atom is 0.366 e. The van der Waals surface area contributed by atoms with Crippen molar-refractivity contribution in [2.24, 2.45) is 0 Å². The molecule has 1 saturated carbocycles. The SMILES string of the molecule is CC(=O)C(=O)N(c1ccc2c(=O)onc(C)c2c1)C1CC(c2cccc3c2OCO3)C1. The van der Waals surface area contributed by atoms with Crippen LogP contribution in [0.4, 0.5) is 5.69 Å². The molecule has 0 atom stereocenters. The van der Waals surface area contributed by atoms with E-state index in [1.165, 1.54) is 11.8 Å². The van der Waals surface area contributed by atoms with Crippen LogP contribution in [-0.2, 0) is 9.59 Å². The summed E-state index contributed by atoms with van der Waals surface area (Å²) in [4.78, 5) is 38.3. The van der Waals surface area contributed by atoms with Crippen LogP contribution in [0, 0.1) is 6.92 Å². The lowest BCUT2D eigenvalue weighted by Crippen LogP contribution is -2.49. The summed E-state index contributed by atoms with van der Waals surface area (Å²) in [5.41, 5.74) is 1.61. The molecular weight excluding hydrogens is 400 g/mol. The first-order chi connectivity index (χ1) is 14.9. The Morgan fingerprint density at radius 2 is 1.90 bits per heavy atom. The number of carbonyl (C=O) groups excluding carboxylic acids is 2. The van der Waals surface area contributed by atoms with Crippen molar-refractivity contribution in [3.8, 4) is 11.5 Å². The largest absolute Gasteiger partial charge is 0.454 e. The van der Waals surface area contributed by atoms with Crippen molar-refractivity contribution in [1.29, 1.82) is 0 Å². The van der Waals surface area contributed by atoms with E-state index in [0.29, 0.717) is 35.0 Å². The summed E-state index contributed by atoms with van der Waals surface area (Å²) in [6.45, 7) is 3.20. The number of nitrogens with zero attached hydrogens (tertiary/aromatic N) is 2. The summed E-state index contributed by atoms with van der Waals surface area (Å²) in [6.07, 6.45) is 1.37. The number of hydrogen-bond acceptors (Lipinski definition) is 7. The minimum Gasteiger partial charge on any atom is -0.454 e. The third-order valence-electron chi connectivity index (χ3n) is 6.02. The number of fused-ring (bicyclic) bond motifs is 2. The molecule has 1 aliphatic heterocycles. The maximum atomic E-state index is 12.8. The highest BCUT2D eigenvalue weighted by molar-refractivity contribution is 6.40. The van der Waals surface area contributed by atoms with Gasteiger partial charge in [0.15, 0.2) is 11.5 Å². The molecule has 1 amide bonds. The molecule has 1 aromatic heterocycles. The number of hydrogen-bond donors (Lipinski definition) is 0. The number of para-hydroxylation sites is 1. The van der Waals surface area contributed by atoms with Crippen LogP contribution in [0.1, 0.15) is 36.9 Å². The van der Waals surface area contributed by atoms with Crippen LogP contribution in [0.3, 0.4) is 0 Å². The molecule has 8 nitrogen and oxygen atoms in total. The summed E-state index contributed by atoms with van der Waals surface area (Å²) in [5, 5.41) is 4.75. The van der Waals surface area contributed by atoms with Crippen molar-refractivity contribution in [2.75, 3.05) is 11.7 Å². The van der Waals surface area contributed by atoms with E-state index in [2.05, 4.69) is 5.16 Å². The third-order valence-corrected chi connectivity index (χ3v) is 6.02. The molecule has 1 fully saturated rings. The highest BCUT2D eigenvalue weighted by Crippen LogP contribution is 2.48. The van der Waals surface area contributed by atoms with Gasteiger partial charge in [0.05, 0.1) is 11.1 Å². The van der Waals surface area contributed by atoms with E-state index >= 15 is 0 Å². The molecule has 0 radical (unpaired) electrons. The van der Waals surface area contributed by atoms with Gasteiger partial charge in [-0.25, -0.2) is 4.79 Å². The summed E-state index contributed by atoms with van der Waals surface area (Å²) in [5.74, 6) is 0.570. The summed E-state index contributed by atoms with van der Waals surface area (Å²) in [6, 6.07) is 10.7. The first kappa shape index (κ1) is 19.3. The highest BCUT2D eigenvalue weighted by atomic mass is 16.7. The zero-order chi connectivity index (χ0) is 21.7. The molecule has 5 rings (SSSR count). The Kier molecular flexibility index (Phi) is 4.50. The normalized spacial score (nSPS) is 19.2. The molecule has 0 unspecified atom stereocenters. The molecule has 158 valence electrons. The second-order valence-electron chi connectivity index (χ2n) is 7.92. The van der Waals surface area contributed by atoms with Crippen LogP contribution in [0.25, 0.3) is 10.8 Å². The molecular formula is C23H20N2O6. The lowest BCUT2D eigenvalue weighted by molar-refractivity contribution is -0.135. The van der Waals surface area contributed by atoms with E-state index in [4.69, 9.17) is 14.0 Å². The number of ketones is 1. The van der Waals surface area contributed by atoms with Gasteiger partial charge >= 0.3 is 5.63 Å². The Bertz CT molecular complexity index is 1270. The molecule has 8 heteroatoms. The molecule has 1 aliphatic carbocycles. The Hall–Kier alpha value is -3.68. The van der Waals surface area contributed by atoms with Gasteiger partial charge in [0.1, 0.15) is 0 Å². The molecule has 0 bridgehead atoms. The molecule has 0 saturated heterocycles. The molecule has 2 heterocycles. The van der Waals surface area contributed by atoms with Crippen molar-refractivity contribution in [1.82, 2.24) is 5.16 Å². The van der Waals surface area contributed by atoms with Crippen LogP contribution >= 0.6 is 0 Å². The smallest absolute Gasteiger partial charge is 0.366 e. The van der Waals surface area contributed by atoms with Crippen LogP contribution in [0.2, 0.25) is 0 Å². The van der Waals surface area contributed by atoms with Crippen LogP contribution in [-0.4, -0.2) is 29.7 Å². The van der Waals surface area contributed by atoms with E-state index < -0.39 is 17.3 Å². The predicted molar refractivity (Wildman–Crippen MR) is 112 cm³/mol. The third kappa shape index (κ3) is 3.15. The fourth-order valence-electron chi connectivity index (χ4n) is 4.36. The minimum atomic E-state index is -0.575. The highest BCUT2D eigenvalue weighted by Gasteiger charge is 2.40. The average Bonchev–Trinajstić information content (AvgIpc) is 3.22. The van der Waals surface area contributed by atoms with Crippen LogP contribution in [0.15, 0.2) is 45.7 Å². The second-order valence-corrected chi connectivity index (χ2v) is 7.92. The molecule has 31 heavy (non-hydrogen) atoms. The van der Waals surface area contributed by atoms with Crippen molar-refractivity contribution in [3.05, 3.63) is 58.1 Å². The molecule has 0 spiro atoms. The number of ether oxygens (including phenoxy) is 2. The zero-order valence-corrected chi connectivity index (χ0v) is 17.1. The van der Waals surface area contributed by atoms with Gasteiger partial charge in [-0.15, -0.1) is 0 Å². The van der Waals surface area contributed by atoms with Gasteiger partial charge in [0.2, 0.25) is 12.6 Å². The van der Waals surface area contributed by atoms with Crippen molar-refractivity contribution >= 4 is 28.2 Å². The average molecular weight is 420 g/mol. The Labute approximate surface area is 177 Å². The van der Waals surface area contributed by atoms with Gasteiger partial charge in [0, 0.05) is 29.6 Å². The summed E-state index contributed by atoms with van der Waals surface area (Å²) in [7, 11) is 0. The van der Waals surface area contributed by atoms with E-state index in [-0.39, 0.29) is 18.8 Å². The number of benzene rings is 2. The van der Waals surface area contributed by atoms with Crippen molar-refractivity contribution in [3.63, 3.8) is 0 Å². The Morgan fingerprint density at radius 1 is 1.10 bits per heavy atom. The minimum absolute atomic E-state index is 0.148. The molecule has 2 aliphatic rings. The van der Waals surface area contributed by atoms with E-state index in [0.717, 1.165) is 17.1 Å². The van der Waals surface area contributed by atoms with Gasteiger partial charge in [-0.1, -0.05) is 17.3 Å². The fraction of sp³-hybridized carbons (Fsp3) is 0.304. The van der Waals surface area contributed by atoms with E-state index in [1.54, 1.807) is 25.1 Å². The number of rotatable bonds is 4. The summed E-state index contributed by atoms with van der Waals surface area (Å²) < 4.78 is 15.9. The van der Waals surface area contributed by atoms with Crippen molar-refractivity contribution in [2.45, 2.75) is 38.6 Å². The van der Waals surface area contributed by atoms with Gasteiger partial charge < -0.3 is 18.9 Å². The van der Waals surface area contributed by atoms with Crippen molar-refractivity contribution < 1.29 is 23.6 Å². The summed E-state index contributed by atoms with van der Waals surface area (Å²) >= 11 is 0. The Balaban J connectivity index is 1.48. The number of aryl methyl sites for hydroxylation is 1. The molecule has 0 N–H and O–H groups in total. The second kappa shape index (κ2) is 7.23. The standard InChI is InChI=1S/C23H20N2O6/c1-12-19-10-15(6-7-18(19)23(28)31-24-12)25(22(27)13(2)26)16-8-14(9-16)17-4-3-5-20-21(17)30-11-29-20/h3-7,10,14,16H,8-9,11H2,1-2H3. The van der Waals surface area contributed by atoms with Gasteiger partial charge in [-0.2, -0.15) is 0 Å². The number of Topliss-reactive ketones (excluding diaryl/α,β-unsaturated/α-hetero) is 1.